The van der Waals surface area contributed by atoms with Crippen LogP contribution in [0.15, 0.2) is 24.3 Å². The van der Waals surface area contributed by atoms with Gasteiger partial charge in [0.25, 0.3) is 0 Å². The quantitative estimate of drug-likeness (QED) is 0.803. The lowest BCUT2D eigenvalue weighted by molar-refractivity contribution is -0.169. The summed E-state index contributed by atoms with van der Waals surface area (Å²) in [5, 5.41) is 11.9. The molecule has 0 bridgehead atoms. The lowest BCUT2D eigenvalue weighted by Crippen LogP contribution is -2.56. The molecule has 4 nitrogen and oxygen atoms in total. The van der Waals surface area contributed by atoms with E-state index in [-0.39, 0.29) is 31.5 Å². The monoisotopic (exact) mass is 253 g/mol. The molecule has 1 aromatic rings. The van der Waals surface area contributed by atoms with Gasteiger partial charge in [0.1, 0.15) is 11.2 Å². The smallest absolute Gasteiger partial charge is 0.233 e. The summed E-state index contributed by atoms with van der Waals surface area (Å²) in [5.74, 6) is -0.497. The first-order valence-electron chi connectivity index (χ1n) is 5.88. The Morgan fingerprint density at radius 1 is 1.44 bits per heavy atom. The van der Waals surface area contributed by atoms with Crippen molar-refractivity contribution in [2.24, 2.45) is 5.41 Å². The summed E-state index contributed by atoms with van der Waals surface area (Å²) in [4.78, 5) is 11.8. The van der Waals surface area contributed by atoms with E-state index in [1.54, 1.807) is 18.2 Å². The zero-order valence-electron chi connectivity index (χ0n) is 9.99. The summed E-state index contributed by atoms with van der Waals surface area (Å²) in [7, 11) is 0. The number of carbonyl (C=O) groups is 1. The first kappa shape index (κ1) is 13.0. The lowest BCUT2D eigenvalue weighted by Gasteiger charge is -2.38. The second-order valence-electron chi connectivity index (χ2n) is 4.53. The predicted octanol–water partition coefficient (Wildman–Crippen LogP) is 0.493. The molecule has 5 heteroatoms. The molecule has 1 aliphatic rings. The van der Waals surface area contributed by atoms with Crippen molar-refractivity contribution in [3.05, 3.63) is 35.6 Å². The largest absolute Gasteiger partial charge is 0.395 e. The Morgan fingerprint density at radius 2 is 2.17 bits per heavy atom. The average molecular weight is 253 g/mol. The van der Waals surface area contributed by atoms with Gasteiger partial charge in [0.2, 0.25) is 5.91 Å². The minimum atomic E-state index is -0.796. The Kier molecular flexibility index (Phi) is 3.93. The van der Waals surface area contributed by atoms with Gasteiger partial charge in [-0.3, -0.25) is 4.79 Å². The van der Waals surface area contributed by atoms with Gasteiger partial charge in [0, 0.05) is 6.54 Å². The highest BCUT2D eigenvalue weighted by Gasteiger charge is 2.45. The minimum absolute atomic E-state index is 0.224. The van der Waals surface area contributed by atoms with E-state index in [0.717, 1.165) is 0 Å². The third-order valence-corrected chi connectivity index (χ3v) is 3.18. The maximum Gasteiger partial charge on any atom is 0.233 e. The molecule has 0 aliphatic carbocycles. The van der Waals surface area contributed by atoms with Crippen molar-refractivity contribution in [1.29, 1.82) is 0 Å². The van der Waals surface area contributed by atoms with E-state index in [4.69, 9.17) is 9.84 Å². The van der Waals surface area contributed by atoms with Crippen molar-refractivity contribution < 1.29 is 19.0 Å². The highest BCUT2D eigenvalue weighted by Crippen LogP contribution is 2.26. The Hall–Kier alpha value is -1.46. The van der Waals surface area contributed by atoms with E-state index in [2.05, 4.69) is 5.32 Å². The Labute approximate surface area is 105 Å². The molecular formula is C13H16FNO3. The molecule has 1 saturated heterocycles. The van der Waals surface area contributed by atoms with E-state index >= 15 is 0 Å². The van der Waals surface area contributed by atoms with Gasteiger partial charge in [-0.2, -0.15) is 0 Å². The average Bonchev–Trinajstić information content (AvgIpc) is 2.31. The third-order valence-electron chi connectivity index (χ3n) is 3.18. The molecule has 98 valence electrons. The maximum absolute atomic E-state index is 13.3. The van der Waals surface area contributed by atoms with Gasteiger partial charge < -0.3 is 15.2 Å². The van der Waals surface area contributed by atoms with Crippen LogP contribution >= 0.6 is 0 Å². The van der Waals surface area contributed by atoms with Gasteiger partial charge in [-0.15, -0.1) is 0 Å². The number of rotatable bonds is 5. The van der Waals surface area contributed by atoms with Crippen molar-refractivity contribution >= 4 is 5.91 Å². The maximum atomic E-state index is 13.3. The van der Waals surface area contributed by atoms with Gasteiger partial charge in [-0.1, -0.05) is 18.2 Å². The molecule has 1 heterocycles. The number of ether oxygens (including phenoxy) is 1. The van der Waals surface area contributed by atoms with Crippen LogP contribution in [0.4, 0.5) is 4.39 Å². The fraction of sp³-hybridized carbons (Fsp3) is 0.462. The summed E-state index contributed by atoms with van der Waals surface area (Å²) in [5.41, 5.74) is -0.226. The van der Waals surface area contributed by atoms with Gasteiger partial charge >= 0.3 is 0 Å². The summed E-state index contributed by atoms with van der Waals surface area (Å²) >= 11 is 0. The van der Waals surface area contributed by atoms with E-state index in [1.807, 2.05) is 0 Å². The number of nitrogens with one attached hydrogen (secondary N) is 1. The van der Waals surface area contributed by atoms with Gasteiger partial charge in [0.15, 0.2) is 0 Å². The number of aliphatic hydroxyl groups excluding tert-OH is 1. The molecule has 1 amide bonds. The molecule has 18 heavy (non-hydrogen) atoms. The molecule has 0 spiro atoms. The number of aliphatic hydroxyl groups is 1. The number of amides is 1. The van der Waals surface area contributed by atoms with Crippen LogP contribution in [0, 0.1) is 11.2 Å². The zero-order valence-corrected chi connectivity index (χ0v) is 9.99. The van der Waals surface area contributed by atoms with Crippen molar-refractivity contribution in [1.82, 2.24) is 5.32 Å². The Bertz CT molecular complexity index is 426. The number of hydrogen-bond acceptors (Lipinski definition) is 3. The van der Waals surface area contributed by atoms with Gasteiger partial charge in [0.05, 0.1) is 19.8 Å². The van der Waals surface area contributed by atoms with Crippen LogP contribution < -0.4 is 5.32 Å². The number of benzene rings is 1. The SMILES string of the molecule is O=C(NCCc1ccccc1F)C1(CO)COC1. The van der Waals surface area contributed by atoms with Crippen LogP contribution in [0.5, 0.6) is 0 Å². The fourth-order valence-electron chi connectivity index (χ4n) is 1.84. The van der Waals surface area contributed by atoms with Gasteiger partial charge in [-0.05, 0) is 18.1 Å². The number of carbonyl (C=O) groups excluding carboxylic acids is 1. The Balaban J connectivity index is 1.82. The summed E-state index contributed by atoms with van der Waals surface area (Å²) in [6.07, 6.45) is 0.431. The highest BCUT2D eigenvalue weighted by atomic mass is 19.1. The van der Waals surface area contributed by atoms with Crippen LogP contribution in [-0.2, 0) is 16.0 Å². The molecule has 1 aromatic carbocycles. The van der Waals surface area contributed by atoms with Crippen molar-refractivity contribution in [2.45, 2.75) is 6.42 Å². The molecule has 2 rings (SSSR count). The lowest BCUT2D eigenvalue weighted by atomic mass is 9.86. The summed E-state index contributed by atoms with van der Waals surface area (Å²) in [6.45, 7) is 0.615. The first-order valence-corrected chi connectivity index (χ1v) is 5.88. The van der Waals surface area contributed by atoms with Crippen LogP contribution in [0.25, 0.3) is 0 Å². The van der Waals surface area contributed by atoms with E-state index < -0.39 is 5.41 Å². The normalized spacial score (nSPS) is 17.0. The second-order valence-corrected chi connectivity index (χ2v) is 4.53. The molecule has 1 fully saturated rings. The van der Waals surface area contributed by atoms with Crippen molar-refractivity contribution in [3.8, 4) is 0 Å². The van der Waals surface area contributed by atoms with Crippen molar-refractivity contribution in [3.63, 3.8) is 0 Å². The molecular weight excluding hydrogens is 237 g/mol. The fourth-order valence-corrected chi connectivity index (χ4v) is 1.84. The molecule has 0 unspecified atom stereocenters. The zero-order chi connectivity index (χ0) is 13.0. The molecule has 0 atom stereocenters. The van der Waals surface area contributed by atoms with E-state index in [1.165, 1.54) is 6.07 Å². The van der Waals surface area contributed by atoms with Crippen LogP contribution in [0.2, 0.25) is 0 Å². The summed E-state index contributed by atoms with van der Waals surface area (Å²) in [6, 6.07) is 6.47. The molecule has 0 saturated carbocycles. The van der Waals surface area contributed by atoms with Gasteiger partial charge in [-0.25, -0.2) is 4.39 Å². The second kappa shape index (κ2) is 5.46. The highest BCUT2D eigenvalue weighted by molar-refractivity contribution is 5.83. The third kappa shape index (κ3) is 2.52. The number of hydrogen-bond donors (Lipinski definition) is 2. The van der Waals surface area contributed by atoms with Crippen LogP contribution in [0.3, 0.4) is 0 Å². The van der Waals surface area contributed by atoms with E-state index in [0.29, 0.717) is 18.5 Å². The molecule has 0 radical (unpaired) electrons. The van der Waals surface area contributed by atoms with Crippen LogP contribution in [-0.4, -0.2) is 37.4 Å². The molecule has 2 N–H and O–H groups in total. The Morgan fingerprint density at radius 3 is 2.72 bits per heavy atom. The number of halogens is 1. The standard InChI is InChI=1S/C13H16FNO3/c14-11-4-2-1-3-10(11)5-6-15-12(17)13(7-16)8-18-9-13/h1-4,16H,5-9H2,(H,15,17). The first-order chi connectivity index (χ1) is 8.68. The van der Waals surface area contributed by atoms with E-state index in [9.17, 15) is 9.18 Å². The minimum Gasteiger partial charge on any atom is -0.395 e. The predicted molar refractivity (Wildman–Crippen MR) is 63.5 cm³/mol. The van der Waals surface area contributed by atoms with Crippen LogP contribution in [0.1, 0.15) is 5.56 Å². The summed E-state index contributed by atoms with van der Waals surface area (Å²) < 4.78 is 18.3. The van der Waals surface area contributed by atoms with Crippen molar-refractivity contribution in [2.75, 3.05) is 26.4 Å². The molecule has 1 aliphatic heterocycles. The molecule has 0 aromatic heterocycles. The topological polar surface area (TPSA) is 58.6 Å².